The fourth-order valence-corrected chi connectivity index (χ4v) is 4.66. The molecule has 4 rings (SSSR count). The number of carbonyl (C=O) groups is 3. The number of benzene rings is 2. The minimum absolute atomic E-state index is 0.212. The first kappa shape index (κ1) is 21.0. The third kappa shape index (κ3) is 3.89. The fourth-order valence-electron chi connectivity index (χ4n) is 3.39. The van der Waals surface area contributed by atoms with E-state index in [1.807, 2.05) is 0 Å². The van der Waals surface area contributed by atoms with Gasteiger partial charge in [-0.3, -0.25) is 19.3 Å². The normalized spacial score (nSPS) is 16.4. The lowest BCUT2D eigenvalue weighted by atomic mass is 9.94. The number of anilines is 1. The molecule has 0 fully saturated rings. The van der Waals surface area contributed by atoms with E-state index in [1.165, 1.54) is 24.3 Å². The zero-order chi connectivity index (χ0) is 22.3. The Morgan fingerprint density at radius 3 is 2.55 bits per heavy atom. The van der Waals surface area contributed by atoms with Crippen LogP contribution in [-0.2, 0) is 14.4 Å². The number of halogens is 2. The van der Waals surface area contributed by atoms with Gasteiger partial charge in [0.2, 0.25) is 0 Å². The summed E-state index contributed by atoms with van der Waals surface area (Å²) < 4.78 is 14.2. The molecule has 1 aliphatic rings. The second-order valence-electron chi connectivity index (χ2n) is 6.82. The van der Waals surface area contributed by atoms with Crippen LogP contribution in [0.15, 0.2) is 53.8 Å². The maximum absolute atomic E-state index is 13.5. The third-order valence-corrected chi connectivity index (χ3v) is 6.06. The van der Waals surface area contributed by atoms with Gasteiger partial charge in [0.15, 0.2) is 16.7 Å². The van der Waals surface area contributed by atoms with E-state index in [1.54, 1.807) is 18.2 Å². The van der Waals surface area contributed by atoms with E-state index in [9.17, 15) is 23.9 Å². The van der Waals surface area contributed by atoms with Crippen LogP contribution in [0.4, 0.5) is 9.52 Å². The summed E-state index contributed by atoms with van der Waals surface area (Å²) in [6.45, 7) is 0. The first-order valence-corrected chi connectivity index (χ1v) is 10.3. The van der Waals surface area contributed by atoms with Gasteiger partial charge in [-0.15, -0.1) is 0 Å². The smallest absolute Gasteiger partial charge is 0.303 e. The molecule has 2 aromatic carbocycles. The molecular weight excluding hydrogens is 447 g/mol. The summed E-state index contributed by atoms with van der Waals surface area (Å²) in [5.41, 5.74) is 0.699. The van der Waals surface area contributed by atoms with E-state index >= 15 is 0 Å². The number of aliphatic hydroxyl groups excluding tert-OH is 1. The number of carbonyl (C=O) groups excluding carboxylic acids is 2. The molecule has 1 amide bonds. The Bertz CT molecular complexity index is 1250. The van der Waals surface area contributed by atoms with Crippen LogP contribution in [0.2, 0.25) is 5.02 Å². The SMILES string of the molecule is O=C(O)CCC(=O)C1=C(O)C(=O)N(c2nc3ccc(Cl)cc3s2)C1c1ccc(F)cc1. The van der Waals surface area contributed by atoms with E-state index < -0.39 is 48.1 Å². The van der Waals surface area contributed by atoms with Crippen molar-refractivity contribution < 1.29 is 29.0 Å². The molecule has 0 bridgehead atoms. The molecule has 158 valence electrons. The largest absolute Gasteiger partial charge is 0.503 e. The number of hydrogen-bond donors (Lipinski definition) is 2. The number of amides is 1. The van der Waals surface area contributed by atoms with Gasteiger partial charge in [0.1, 0.15) is 5.82 Å². The van der Waals surface area contributed by atoms with Crippen molar-refractivity contribution in [3.8, 4) is 0 Å². The van der Waals surface area contributed by atoms with Crippen LogP contribution in [0.3, 0.4) is 0 Å². The topological polar surface area (TPSA) is 108 Å². The molecule has 0 saturated carbocycles. The van der Waals surface area contributed by atoms with Crippen molar-refractivity contribution >= 4 is 55.9 Å². The number of carboxylic acids is 1. The lowest BCUT2D eigenvalue weighted by molar-refractivity contribution is -0.138. The number of thiazole rings is 1. The Morgan fingerprint density at radius 2 is 1.87 bits per heavy atom. The van der Waals surface area contributed by atoms with Gasteiger partial charge >= 0.3 is 5.97 Å². The van der Waals surface area contributed by atoms with E-state index in [0.29, 0.717) is 20.8 Å². The third-order valence-electron chi connectivity index (χ3n) is 4.81. The number of Topliss-reactive ketones (excluding diaryl/α,β-unsaturated/α-hetero) is 1. The number of hydrogen-bond acceptors (Lipinski definition) is 6. The van der Waals surface area contributed by atoms with Crippen molar-refractivity contribution in [1.82, 2.24) is 4.98 Å². The number of nitrogens with zero attached hydrogens (tertiary/aromatic N) is 2. The summed E-state index contributed by atoms with van der Waals surface area (Å²) in [6.07, 6.45) is -0.859. The zero-order valence-corrected chi connectivity index (χ0v) is 17.3. The average molecular weight is 461 g/mol. The Morgan fingerprint density at radius 1 is 1.16 bits per heavy atom. The zero-order valence-electron chi connectivity index (χ0n) is 15.7. The van der Waals surface area contributed by atoms with Crippen molar-refractivity contribution in [1.29, 1.82) is 0 Å². The van der Waals surface area contributed by atoms with Crippen molar-refractivity contribution in [3.63, 3.8) is 0 Å². The van der Waals surface area contributed by atoms with Crippen LogP contribution in [-0.4, -0.2) is 32.9 Å². The predicted molar refractivity (Wildman–Crippen MR) is 113 cm³/mol. The molecule has 1 atom stereocenters. The minimum Gasteiger partial charge on any atom is -0.503 e. The molecule has 0 aliphatic carbocycles. The molecule has 31 heavy (non-hydrogen) atoms. The maximum atomic E-state index is 13.5. The average Bonchev–Trinajstić information content (AvgIpc) is 3.25. The highest BCUT2D eigenvalue weighted by Crippen LogP contribution is 2.44. The van der Waals surface area contributed by atoms with E-state index in [4.69, 9.17) is 16.7 Å². The number of rotatable bonds is 6. The summed E-state index contributed by atoms with van der Waals surface area (Å²) in [5.74, 6) is -4.01. The summed E-state index contributed by atoms with van der Waals surface area (Å²) in [7, 11) is 0. The molecule has 1 unspecified atom stereocenters. The molecule has 1 aromatic heterocycles. The van der Waals surface area contributed by atoms with Gasteiger partial charge in [-0.25, -0.2) is 9.37 Å². The van der Waals surface area contributed by atoms with Crippen LogP contribution in [0.5, 0.6) is 0 Å². The highest BCUT2D eigenvalue weighted by molar-refractivity contribution is 7.22. The van der Waals surface area contributed by atoms with E-state index in [-0.39, 0.29) is 10.7 Å². The van der Waals surface area contributed by atoms with Crippen LogP contribution in [0, 0.1) is 5.82 Å². The monoisotopic (exact) mass is 460 g/mol. The van der Waals surface area contributed by atoms with Crippen LogP contribution < -0.4 is 4.90 Å². The fraction of sp³-hybridized carbons (Fsp3) is 0.143. The molecule has 7 nitrogen and oxygen atoms in total. The lowest BCUT2D eigenvalue weighted by Gasteiger charge is -2.24. The van der Waals surface area contributed by atoms with Crippen LogP contribution in [0.25, 0.3) is 10.2 Å². The van der Waals surface area contributed by atoms with Gasteiger partial charge in [-0.1, -0.05) is 35.1 Å². The number of aliphatic hydroxyl groups is 1. The standard InChI is InChI=1S/C21H14ClFN2O5S/c22-11-3-6-13-15(9-11)31-21(24-13)25-18(10-1-4-12(23)5-2-10)17(19(29)20(25)30)14(26)7-8-16(27)28/h1-6,9,18,29H,7-8H2,(H,27,28). The van der Waals surface area contributed by atoms with Crippen LogP contribution in [0.1, 0.15) is 24.4 Å². The first-order chi connectivity index (χ1) is 14.8. The molecule has 3 aromatic rings. The second kappa shape index (κ2) is 8.09. The van der Waals surface area contributed by atoms with E-state index in [0.717, 1.165) is 16.2 Å². The van der Waals surface area contributed by atoms with Crippen molar-refractivity contribution in [2.24, 2.45) is 0 Å². The molecule has 0 radical (unpaired) electrons. The molecule has 2 N–H and O–H groups in total. The van der Waals surface area contributed by atoms with Crippen molar-refractivity contribution in [2.45, 2.75) is 18.9 Å². The lowest BCUT2D eigenvalue weighted by Crippen LogP contribution is -2.31. The Balaban J connectivity index is 1.83. The van der Waals surface area contributed by atoms with Crippen molar-refractivity contribution in [2.75, 3.05) is 4.90 Å². The number of aliphatic carboxylic acids is 1. The Hall–Kier alpha value is -3.30. The highest BCUT2D eigenvalue weighted by Gasteiger charge is 2.45. The maximum Gasteiger partial charge on any atom is 0.303 e. The summed E-state index contributed by atoms with van der Waals surface area (Å²) >= 11 is 7.17. The van der Waals surface area contributed by atoms with Crippen LogP contribution >= 0.6 is 22.9 Å². The van der Waals surface area contributed by atoms with Gasteiger partial charge in [0.25, 0.3) is 5.91 Å². The molecule has 0 spiro atoms. The van der Waals surface area contributed by atoms with Gasteiger partial charge in [-0.2, -0.15) is 0 Å². The Labute approximate surface area is 184 Å². The van der Waals surface area contributed by atoms with Gasteiger partial charge in [-0.05, 0) is 35.9 Å². The summed E-state index contributed by atoms with van der Waals surface area (Å²) in [5, 5.41) is 20.1. The molecule has 2 heterocycles. The second-order valence-corrected chi connectivity index (χ2v) is 8.26. The number of ketones is 1. The molecular formula is C21H14ClFN2O5S. The number of aromatic nitrogens is 1. The molecule has 10 heteroatoms. The quantitative estimate of drug-likeness (QED) is 0.563. The molecule has 1 aliphatic heterocycles. The highest BCUT2D eigenvalue weighted by atomic mass is 35.5. The minimum atomic E-state index is -1.18. The first-order valence-electron chi connectivity index (χ1n) is 9.09. The number of fused-ring (bicyclic) bond motifs is 1. The Kier molecular flexibility index (Phi) is 5.47. The van der Waals surface area contributed by atoms with Gasteiger partial charge in [0.05, 0.1) is 28.3 Å². The van der Waals surface area contributed by atoms with Crippen molar-refractivity contribution in [3.05, 3.63) is 70.2 Å². The summed E-state index contributed by atoms with van der Waals surface area (Å²) in [6, 6.07) is 9.06. The van der Waals surface area contributed by atoms with Gasteiger partial charge < -0.3 is 10.2 Å². The van der Waals surface area contributed by atoms with Gasteiger partial charge in [0, 0.05) is 11.4 Å². The molecule has 0 saturated heterocycles. The van der Waals surface area contributed by atoms with E-state index in [2.05, 4.69) is 4.98 Å². The number of carboxylic acid groups (broad SMARTS) is 1. The predicted octanol–water partition coefficient (Wildman–Crippen LogP) is 4.42. The summed E-state index contributed by atoms with van der Waals surface area (Å²) in [4.78, 5) is 42.2.